The maximum absolute atomic E-state index is 11.4. The van der Waals surface area contributed by atoms with Gasteiger partial charge in [-0.3, -0.25) is 10.1 Å². The smallest absolute Gasteiger partial charge is 0.353 e. The second-order valence-corrected chi connectivity index (χ2v) is 6.88. The molecule has 23 heavy (non-hydrogen) atoms. The molecule has 8 nitrogen and oxygen atoms in total. The van der Waals surface area contributed by atoms with E-state index in [1.165, 1.54) is 25.6 Å². The molecule has 1 fully saturated rings. The number of nitrogens with zero attached hydrogens (tertiary/aromatic N) is 4. The predicted octanol–water partition coefficient (Wildman–Crippen LogP) is 2.49. The topological polar surface area (TPSA) is 96.2 Å². The molecule has 0 aliphatic carbocycles. The van der Waals surface area contributed by atoms with E-state index in [0.717, 1.165) is 19.6 Å². The Hall–Kier alpha value is -1.96. The van der Waals surface area contributed by atoms with Gasteiger partial charge in [-0.2, -0.15) is 0 Å². The first kappa shape index (κ1) is 17.4. The molecule has 0 saturated carbocycles. The fourth-order valence-electron chi connectivity index (χ4n) is 2.64. The molecule has 0 aromatic carbocycles. The number of likely N-dealkylation sites (tertiary alicyclic amines) is 1. The summed E-state index contributed by atoms with van der Waals surface area (Å²) in [7, 11) is 0. The van der Waals surface area contributed by atoms with Gasteiger partial charge in [0.05, 0.1) is 4.92 Å². The number of aromatic nitrogens is 2. The molecule has 2 rings (SSSR count). The minimum atomic E-state index is -0.433. The number of nitro groups is 1. The van der Waals surface area contributed by atoms with Crippen molar-refractivity contribution in [3.05, 3.63) is 16.4 Å². The van der Waals surface area contributed by atoms with Gasteiger partial charge in [-0.1, -0.05) is 6.42 Å². The summed E-state index contributed by atoms with van der Waals surface area (Å²) in [6.07, 6.45) is 5.11. The van der Waals surface area contributed by atoms with Gasteiger partial charge in [0.25, 0.3) is 0 Å². The van der Waals surface area contributed by atoms with Crippen LogP contribution in [0.4, 0.5) is 17.3 Å². The monoisotopic (exact) mass is 322 g/mol. The quantitative estimate of drug-likeness (QED) is 0.613. The largest absolute Gasteiger partial charge is 0.363 e. The standard InChI is InChI=1S/C15H26N6O2/c1-15(2,3)19-14-12(21(22)23)13(17-11-18-14)16-7-10-20-8-5-4-6-9-20/h11H,4-10H2,1-3H3,(H2,16,17,18,19). The first-order valence-electron chi connectivity index (χ1n) is 8.10. The highest BCUT2D eigenvalue weighted by Crippen LogP contribution is 2.30. The van der Waals surface area contributed by atoms with Crippen LogP contribution in [-0.2, 0) is 0 Å². The molecular formula is C15H26N6O2. The van der Waals surface area contributed by atoms with Crippen molar-refractivity contribution < 1.29 is 4.92 Å². The second-order valence-electron chi connectivity index (χ2n) is 6.88. The van der Waals surface area contributed by atoms with E-state index >= 15 is 0 Å². The molecule has 1 aliphatic heterocycles. The van der Waals surface area contributed by atoms with Gasteiger partial charge in [-0.15, -0.1) is 0 Å². The Labute approximate surface area is 136 Å². The van der Waals surface area contributed by atoms with Gasteiger partial charge in [0.2, 0.25) is 11.6 Å². The lowest BCUT2D eigenvalue weighted by atomic mass is 10.1. The van der Waals surface area contributed by atoms with Crippen molar-refractivity contribution in [2.24, 2.45) is 0 Å². The first-order chi connectivity index (χ1) is 10.9. The summed E-state index contributed by atoms with van der Waals surface area (Å²) >= 11 is 0. The van der Waals surface area contributed by atoms with Gasteiger partial charge < -0.3 is 15.5 Å². The molecule has 2 N–H and O–H groups in total. The zero-order valence-electron chi connectivity index (χ0n) is 14.1. The van der Waals surface area contributed by atoms with Crippen LogP contribution in [0.15, 0.2) is 6.33 Å². The van der Waals surface area contributed by atoms with Crippen LogP contribution >= 0.6 is 0 Å². The van der Waals surface area contributed by atoms with E-state index in [9.17, 15) is 10.1 Å². The Morgan fingerprint density at radius 3 is 2.48 bits per heavy atom. The molecule has 0 amide bonds. The van der Waals surface area contributed by atoms with Crippen molar-refractivity contribution in [3.8, 4) is 0 Å². The number of piperidine rings is 1. The SMILES string of the molecule is CC(C)(C)Nc1ncnc(NCCN2CCCCC2)c1[N+](=O)[O-]. The highest BCUT2D eigenvalue weighted by atomic mass is 16.6. The Kier molecular flexibility index (Phi) is 5.70. The molecule has 0 atom stereocenters. The summed E-state index contributed by atoms with van der Waals surface area (Å²) < 4.78 is 0. The Morgan fingerprint density at radius 2 is 1.87 bits per heavy atom. The summed E-state index contributed by atoms with van der Waals surface area (Å²) in [6, 6.07) is 0. The average Bonchev–Trinajstić information content (AvgIpc) is 2.46. The van der Waals surface area contributed by atoms with Crippen molar-refractivity contribution in [2.75, 3.05) is 36.8 Å². The summed E-state index contributed by atoms with van der Waals surface area (Å²) in [4.78, 5) is 21.4. The van der Waals surface area contributed by atoms with Crippen molar-refractivity contribution in [2.45, 2.75) is 45.6 Å². The van der Waals surface area contributed by atoms with Gasteiger partial charge in [-0.05, 0) is 46.7 Å². The van der Waals surface area contributed by atoms with E-state index in [1.807, 2.05) is 20.8 Å². The fraction of sp³-hybridized carbons (Fsp3) is 0.733. The molecule has 0 radical (unpaired) electrons. The lowest BCUT2D eigenvalue weighted by molar-refractivity contribution is -0.383. The molecule has 8 heteroatoms. The molecular weight excluding hydrogens is 296 g/mol. The first-order valence-corrected chi connectivity index (χ1v) is 8.10. The molecule has 128 valence electrons. The number of anilines is 2. The summed E-state index contributed by atoms with van der Waals surface area (Å²) in [5.41, 5.74) is -0.412. The van der Waals surface area contributed by atoms with E-state index in [2.05, 4.69) is 25.5 Å². The van der Waals surface area contributed by atoms with Crippen LogP contribution in [0.1, 0.15) is 40.0 Å². The normalized spacial score (nSPS) is 16.1. The van der Waals surface area contributed by atoms with Crippen molar-refractivity contribution >= 4 is 17.3 Å². The minimum Gasteiger partial charge on any atom is -0.363 e. The Bertz CT molecular complexity index is 537. The van der Waals surface area contributed by atoms with Crippen molar-refractivity contribution in [3.63, 3.8) is 0 Å². The van der Waals surface area contributed by atoms with E-state index < -0.39 is 4.92 Å². The van der Waals surface area contributed by atoms with Gasteiger partial charge in [0.1, 0.15) is 6.33 Å². The molecule has 2 heterocycles. The number of rotatable bonds is 6. The van der Waals surface area contributed by atoms with Gasteiger partial charge in [-0.25, -0.2) is 9.97 Å². The van der Waals surface area contributed by atoms with Gasteiger partial charge in [0.15, 0.2) is 0 Å². The second kappa shape index (κ2) is 7.54. The van der Waals surface area contributed by atoms with Crippen LogP contribution in [0.2, 0.25) is 0 Å². The van der Waals surface area contributed by atoms with E-state index in [0.29, 0.717) is 6.54 Å². The third-order valence-corrected chi connectivity index (χ3v) is 3.67. The van der Waals surface area contributed by atoms with E-state index in [-0.39, 0.29) is 22.9 Å². The van der Waals surface area contributed by atoms with Crippen LogP contribution in [-0.4, -0.2) is 51.5 Å². The molecule has 0 spiro atoms. The van der Waals surface area contributed by atoms with E-state index in [4.69, 9.17) is 0 Å². The zero-order chi connectivity index (χ0) is 16.9. The molecule has 1 saturated heterocycles. The maximum atomic E-state index is 11.4. The van der Waals surface area contributed by atoms with Crippen LogP contribution in [0.25, 0.3) is 0 Å². The lowest BCUT2D eigenvalue weighted by Gasteiger charge is -2.26. The molecule has 1 aromatic heterocycles. The van der Waals surface area contributed by atoms with Crippen LogP contribution in [0, 0.1) is 10.1 Å². The maximum Gasteiger partial charge on any atom is 0.353 e. The van der Waals surface area contributed by atoms with Crippen molar-refractivity contribution in [1.82, 2.24) is 14.9 Å². The Morgan fingerprint density at radius 1 is 1.22 bits per heavy atom. The predicted molar refractivity (Wildman–Crippen MR) is 90.8 cm³/mol. The number of nitrogens with one attached hydrogen (secondary N) is 2. The van der Waals surface area contributed by atoms with Crippen LogP contribution in [0.5, 0.6) is 0 Å². The molecule has 1 aromatic rings. The zero-order valence-corrected chi connectivity index (χ0v) is 14.1. The summed E-state index contributed by atoms with van der Waals surface area (Å²) in [5, 5.41) is 17.6. The fourth-order valence-corrected chi connectivity index (χ4v) is 2.64. The number of hydrogen-bond donors (Lipinski definition) is 2. The van der Waals surface area contributed by atoms with E-state index in [1.54, 1.807) is 0 Å². The lowest BCUT2D eigenvalue weighted by Crippen LogP contribution is -2.34. The molecule has 0 unspecified atom stereocenters. The molecule has 1 aliphatic rings. The van der Waals surface area contributed by atoms with Crippen molar-refractivity contribution in [1.29, 1.82) is 0 Å². The highest BCUT2D eigenvalue weighted by Gasteiger charge is 2.25. The van der Waals surface area contributed by atoms with Crippen LogP contribution in [0.3, 0.4) is 0 Å². The highest BCUT2D eigenvalue weighted by molar-refractivity contribution is 5.69. The third kappa shape index (κ3) is 5.31. The van der Waals surface area contributed by atoms with Gasteiger partial charge in [0, 0.05) is 18.6 Å². The molecule has 0 bridgehead atoms. The summed E-state index contributed by atoms with van der Waals surface area (Å²) in [6.45, 7) is 9.50. The minimum absolute atomic E-state index is 0.0962. The number of hydrogen-bond acceptors (Lipinski definition) is 7. The van der Waals surface area contributed by atoms with Crippen LogP contribution < -0.4 is 10.6 Å². The third-order valence-electron chi connectivity index (χ3n) is 3.67. The van der Waals surface area contributed by atoms with Gasteiger partial charge >= 0.3 is 5.69 Å². The average molecular weight is 322 g/mol. The summed E-state index contributed by atoms with van der Waals surface area (Å²) in [5.74, 6) is 0.520. The Balaban J connectivity index is 2.05.